The van der Waals surface area contributed by atoms with Gasteiger partial charge in [-0.05, 0) is 23.8 Å². The Morgan fingerprint density at radius 1 is 1.00 bits per heavy atom. The fraction of sp³-hybridized carbons (Fsp3) is 0.455. The number of piperazine rings is 1. The normalized spacial score (nSPS) is 17.9. The third kappa shape index (κ3) is 4.59. The number of benzene rings is 1. The fourth-order valence-electron chi connectivity index (χ4n) is 3.96. The molecule has 1 N–H and O–H groups in total. The van der Waals surface area contributed by atoms with Crippen LogP contribution < -0.4 is 10.2 Å². The summed E-state index contributed by atoms with van der Waals surface area (Å²) in [6.45, 7) is 6.82. The number of para-hydroxylation sites is 1. The molecule has 3 heterocycles. The van der Waals surface area contributed by atoms with Crippen LogP contribution in [0.25, 0.3) is 0 Å². The lowest BCUT2D eigenvalue weighted by Crippen LogP contribution is -2.53. The van der Waals surface area contributed by atoms with Gasteiger partial charge in [-0.3, -0.25) is 9.79 Å². The number of nitrogens with one attached hydrogen (secondary N) is 1. The summed E-state index contributed by atoms with van der Waals surface area (Å²) in [7, 11) is 1.80. The largest absolute Gasteiger partial charge is 0.459 e. The van der Waals surface area contributed by atoms with Gasteiger partial charge in [-0.2, -0.15) is 0 Å². The highest BCUT2D eigenvalue weighted by atomic mass is 16.5. The summed E-state index contributed by atoms with van der Waals surface area (Å²) in [5, 5.41) is 3.50. The van der Waals surface area contributed by atoms with E-state index >= 15 is 0 Å². The van der Waals surface area contributed by atoms with Crippen molar-refractivity contribution in [2.45, 2.75) is 6.54 Å². The molecule has 0 spiro atoms. The average Bonchev–Trinajstić information content (AvgIpc) is 3.35. The maximum atomic E-state index is 12.5. The first-order chi connectivity index (χ1) is 14.8. The number of hydrogen-bond donors (Lipinski definition) is 1. The van der Waals surface area contributed by atoms with Crippen LogP contribution in [-0.2, 0) is 11.3 Å². The molecular formula is C22H29N5O3. The predicted molar refractivity (Wildman–Crippen MR) is 116 cm³/mol. The summed E-state index contributed by atoms with van der Waals surface area (Å²) in [4.78, 5) is 23.3. The number of morpholine rings is 1. The highest BCUT2D eigenvalue weighted by Gasteiger charge is 2.25. The van der Waals surface area contributed by atoms with Gasteiger partial charge < -0.3 is 29.2 Å². The molecule has 0 bridgehead atoms. The number of amides is 1. The van der Waals surface area contributed by atoms with Gasteiger partial charge in [0, 0.05) is 58.5 Å². The summed E-state index contributed by atoms with van der Waals surface area (Å²) >= 11 is 0. The van der Waals surface area contributed by atoms with Gasteiger partial charge in [0.25, 0.3) is 5.91 Å². The molecule has 0 saturated carbocycles. The van der Waals surface area contributed by atoms with Crippen molar-refractivity contribution in [3.8, 4) is 0 Å². The van der Waals surface area contributed by atoms with E-state index in [9.17, 15) is 4.79 Å². The van der Waals surface area contributed by atoms with Gasteiger partial charge in [0.1, 0.15) is 0 Å². The monoisotopic (exact) mass is 411 g/mol. The smallest absolute Gasteiger partial charge is 0.289 e. The Balaban J connectivity index is 1.33. The van der Waals surface area contributed by atoms with E-state index in [1.165, 1.54) is 17.5 Å². The summed E-state index contributed by atoms with van der Waals surface area (Å²) in [6, 6.07) is 11.9. The number of rotatable bonds is 4. The first-order valence-corrected chi connectivity index (χ1v) is 10.5. The van der Waals surface area contributed by atoms with Gasteiger partial charge in [0.05, 0.1) is 19.5 Å². The molecule has 0 unspecified atom stereocenters. The molecule has 2 fully saturated rings. The van der Waals surface area contributed by atoms with E-state index in [2.05, 4.69) is 44.4 Å². The molecule has 30 heavy (non-hydrogen) atoms. The SMILES string of the molecule is CN=C(NCc1ccccc1N1CCOCC1)N1CCN(C(=O)c2ccco2)CC1. The minimum atomic E-state index is -0.0537. The van der Waals surface area contributed by atoms with Crippen LogP contribution in [0.15, 0.2) is 52.1 Å². The van der Waals surface area contributed by atoms with Crippen molar-refractivity contribution in [1.29, 1.82) is 0 Å². The lowest BCUT2D eigenvalue weighted by molar-refractivity contribution is 0.0657. The van der Waals surface area contributed by atoms with Gasteiger partial charge in [0.2, 0.25) is 0 Å². The van der Waals surface area contributed by atoms with Crippen molar-refractivity contribution in [2.24, 2.45) is 4.99 Å². The number of aliphatic imine (C=N–C) groups is 1. The predicted octanol–water partition coefficient (Wildman–Crippen LogP) is 1.65. The number of anilines is 1. The Labute approximate surface area is 177 Å². The van der Waals surface area contributed by atoms with Crippen LogP contribution in [0.2, 0.25) is 0 Å². The standard InChI is InChI=1S/C22H29N5O3/c1-23-22(27-10-8-26(9-11-27)21(28)20-7-4-14-30-20)24-17-18-5-2-3-6-19(18)25-12-15-29-16-13-25/h2-7,14H,8-13,15-17H2,1H3,(H,23,24). The van der Waals surface area contributed by atoms with Crippen molar-refractivity contribution in [1.82, 2.24) is 15.1 Å². The van der Waals surface area contributed by atoms with Gasteiger partial charge in [-0.15, -0.1) is 0 Å². The number of carbonyl (C=O) groups excluding carboxylic acids is 1. The van der Waals surface area contributed by atoms with E-state index < -0.39 is 0 Å². The number of guanidine groups is 1. The third-order valence-corrected chi connectivity index (χ3v) is 5.59. The Kier molecular flexibility index (Phi) is 6.53. The third-order valence-electron chi connectivity index (χ3n) is 5.59. The molecule has 0 atom stereocenters. The number of hydrogen-bond acceptors (Lipinski definition) is 5. The molecule has 8 heteroatoms. The second kappa shape index (κ2) is 9.67. The van der Waals surface area contributed by atoms with Crippen molar-refractivity contribution in [3.63, 3.8) is 0 Å². The van der Waals surface area contributed by atoms with E-state index in [0.717, 1.165) is 45.4 Å². The summed E-state index contributed by atoms with van der Waals surface area (Å²) in [5.41, 5.74) is 2.49. The van der Waals surface area contributed by atoms with Crippen LogP contribution >= 0.6 is 0 Å². The number of ether oxygens (including phenoxy) is 1. The summed E-state index contributed by atoms with van der Waals surface area (Å²) < 4.78 is 10.7. The maximum Gasteiger partial charge on any atom is 0.289 e. The van der Waals surface area contributed by atoms with Crippen LogP contribution in [0.5, 0.6) is 0 Å². The van der Waals surface area contributed by atoms with E-state index in [1.807, 2.05) is 4.90 Å². The van der Waals surface area contributed by atoms with Crippen LogP contribution in [0.3, 0.4) is 0 Å². The van der Waals surface area contributed by atoms with Crippen LogP contribution in [-0.4, -0.2) is 81.2 Å². The lowest BCUT2D eigenvalue weighted by atomic mass is 10.1. The Morgan fingerprint density at radius 2 is 1.73 bits per heavy atom. The zero-order valence-corrected chi connectivity index (χ0v) is 17.4. The maximum absolute atomic E-state index is 12.5. The second-order valence-electron chi connectivity index (χ2n) is 7.39. The second-order valence-corrected chi connectivity index (χ2v) is 7.39. The first-order valence-electron chi connectivity index (χ1n) is 10.5. The molecule has 1 amide bonds. The minimum absolute atomic E-state index is 0.0537. The lowest BCUT2D eigenvalue weighted by Gasteiger charge is -2.36. The highest BCUT2D eigenvalue weighted by molar-refractivity contribution is 5.91. The van der Waals surface area contributed by atoms with E-state index in [1.54, 1.807) is 19.2 Å². The average molecular weight is 412 g/mol. The molecule has 1 aromatic carbocycles. The number of furan rings is 1. The summed E-state index contributed by atoms with van der Waals surface area (Å²) in [5.74, 6) is 1.20. The first kappa shape index (κ1) is 20.3. The molecule has 2 aliphatic rings. The fourth-order valence-corrected chi connectivity index (χ4v) is 3.96. The quantitative estimate of drug-likeness (QED) is 0.609. The van der Waals surface area contributed by atoms with Crippen molar-refractivity contribution >= 4 is 17.6 Å². The van der Waals surface area contributed by atoms with E-state index in [-0.39, 0.29) is 5.91 Å². The molecule has 1 aromatic heterocycles. The van der Waals surface area contributed by atoms with Gasteiger partial charge >= 0.3 is 0 Å². The van der Waals surface area contributed by atoms with E-state index in [0.29, 0.717) is 25.4 Å². The number of carbonyl (C=O) groups is 1. The zero-order valence-electron chi connectivity index (χ0n) is 17.4. The van der Waals surface area contributed by atoms with Gasteiger partial charge in [-0.25, -0.2) is 0 Å². The van der Waals surface area contributed by atoms with Crippen LogP contribution in [0.1, 0.15) is 16.1 Å². The number of nitrogens with zero attached hydrogens (tertiary/aromatic N) is 4. The topological polar surface area (TPSA) is 73.6 Å². The molecule has 2 aliphatic heterocycles. The molecule has 2 aromatic rings. The molecule has 0 aliphatic carbocycles. The minimum Gasteiger partial charge on any atom is -0.459 e. The van der Waals surface area contributed by atoms with Gasteiger partial charge in [0.15, 0.2) is 11.7 Å². The Bertz CT molecular complexity index is 853. The molecule has 2 saturated heterocycles. The van der Waals surface area contributed by atoms with Crippen molar-refractivity contribution in [2.75, 3.05) is 64.4 Å². The molecular weight excluding hydrogens is 382 g/mol. The summed E-state index contributed by atoms with van der Waals surface area (Å²) in [6.07, 6.45) is 1.53. The van der Waals surface area contributed by atoms with E-state index in [4.69, 9.17) is 9.15 Å². The van der Waals surface area contributed by atoms with Crippen LogP contribution in [0, 0.1) is 0 Å². The van der Waals surface area contributed by atoms with Crippen molar-refractivity contribution in [3.05, 3.63) is 54.0 Å². The van der Waals surface area contributed by atoms with Gasteiger partial charge in [-0.1, -0.05) is 18.2 Å². The molecule has 160 valence electrons. The molecule has 8 nitrogen and oxygen atoms in total. The molecule has 0 radical (unpaired) electrons. The van der Waals surface area contributed by atoms with Crippen molar-refractivity contribution < 1.29 is 13.9 Å². The molecule has 4 rings (SSSR count). The van der Waals surface area contributed by atoms with Crippen LogP contribution in [0.4, 0.5) is 5.69 Å². The Hall–Kier alpha value is -3.00. The zero-order chi connectivity index (χ0) is 20.8. The highest BCUT2D eigenvalue weighted by Crippen LogP contribution is 2.21. The Morgan fingerprint density at radius 3 is 2.43 bits per heavy atom.